The number of ether oxygens (including phenoxy) is 1. The highest BCUT2D eigenvalue weighted by Gasteiger charge is 2.29. The number of thiophene rings is 1. The van der Waals surface area contributed by atoms with Gasteiger partial charge in [0.1, 0.15) is 41.4 Å². The summed E-state index contributed by atoms with van der Waals surface area (Å²) in [7, 11) is 0. The van der Waals surface area contributed by atoms with Gasteiger partial charge in [-0.15, -0.1) is 16.4 Å². The Morgan fingerprint density at radius 1 is 1.14 bits per heavy atom. The van der Waals surface area contributed by atoms with Crippen LogP contribution in [0.25, 0.3) is 33.6 Å². The minimum absolute atomic E-state index is 0.0172. The number of aliphatic hydroxyl groups excluding tert-OH is 5. The molecule has 0 fully saturated rings. The van der Waals surface area contributed by atoms with E-state index in [0.717, 1.165) is 26.6 Å². The molecule has 4 aromatic heterocycles. The summed E-state index contributed by atoms with van der Waals surface area (Å²) < 4.78 is 6.86. The maximum atomic E-state index is 12.8. The lowest BCUT2D eigenvalue weighted by Gasteiger charge is -2.23. The predicted molar refractivity (Wildman–Crippen MR) is 151 cm³/mol. The van der Waals surface area contributed by atoms with E-state index in [2.05, 4.69) is 26.1 Å². The van der Waals surface area contributed by atoms with Crippen molar-refractivity contribution >= 4 is 23.2 Å². The van der Waals surface area contributed by atoms with Crippen molar-refractivity contribution in [2.45, 2.75) is 37.9 Å². The van der Waals surface area contributed by atoms with E-state index in [9.17, 15) is 30.5 Å². The first-order chi connectivity index (χ1) is 20.2. The van der Waals surface area contributed by atoms with E-state index in [4.69, 9.17) is 9.84 Å². The average molecular weight is 591 g/mol. The van der Waals surface area contributed by atoms with Gasteiger partial charge in [0.15, 0.2) is 12.4 Å². The second kappa shape index (κ2) is 12.2. The summed E-state index contributed by atoms with van der Waals surface area (Å²) in [6.45, 7) is 0.921. The van der Waals surface area contributed by atoms with Gasteiger partial charge in [0.2, 0.25) is 11.7 Å². The zero-order valence-electron chi connectivity index (χ0n) is 22.1. The zero-order valence-corrected chi connectivity index (χ0v) is 22.9. The number of H-pyrrole nitrogens is 1. The van der Waals surface area contributed by atoms with Crippen LogP contribution in [0, 0.1) is 18.3 Å². The number of imidazole rings is 1. The highest BCUT2D eigenvalue weighted by Crippen LogP contribution is 2.35. The quantitative estimate of drug-likeness (QED) is 0.126. The molecule has 0 saturated carbocycles. The Labute approximate surface area is 241 Å². The van der Waals surface area contributed by atoms with Crippen molar-refractivity contribution < 1.29 is 30.3 Å². The number of benzene rings is 1. The van der Waals surface area contributed by atoms with Gasteiger partial charge in [0, 0.05) is 5.56 Å². The number of aryl methyl sites for hydroxylation is 1. The van der Waals surface area contributed by atoms with Crippen LogP contribution in [0.4, 0.5) is 0 Å². The van der Waals surface area contributed by atoms with E-state index in [-0.39, 0.29) is 35.0 Å². The number of nitrogens with one attached hydrogen (secondary N) is 1. The van der Waals surface area contributed by atoms with Gasteiger partial charge in [0.25, 0.3) is 5.56 Å². The summed E-state index contributed by atoms with van der Waals surface area (Å²) in [5.74, 6) is 0.203. The van der Waals surface area contributed by atoms with Crippen LogP contribution in [-0.4, -0.2) is 81.1 Å². The molecular weight excluding hydrogens is 564 g/mol. The van der Waals surface area contributed by atoms with E-state index in [1.807, 2.05) is 54.8 Å². The van der Waals surface area contributed by atoms with Crippen molar-refractivity contribution in [1.82, 2.24) is 24.6 Å². The van der Waals surface area contributed by atoms with Crippen molar-refractivity contribution in [3.63, 3.8) is 0 Å². The van der Waals surface area contributed by atoms with Gasteiger partial charge in [0.05, 0.1) is 17.2 Å². The number of hydrogen-bond donors (Lipinski definition) is 6. The van der Waals surface area contributed by atoms with E-state index < -0.39 is 36.6 Å². The van der Waals surface area contributed by atoms with Crippen LogP contribution in [0.2, 0.25) is 0 Å². The van der Waals surface area contributed by atoms with Crippen LogP contribution in [0.3, 0.4) is 0 Å². The van der Waals surface area contributed by atoms with Crippen LogP contribution < -0.4 is 15.6 Å². The van der Waals surface area contributed by atoms with Crippen molar-refractivity contribution in [2.24, 2.45) is 0 Å². The Balaban J connectivity index is 1.43. The first-order valence-electron chi connectivity index (χ1n) is 12.7. The molecule has 1 aromatic carbocycles. The third kappa shape index (κ3) is 5.78. The van der Waals surface area contributed by atoms with E-state index in [1.165, 1.54) is 11.3 Å². The Kier molecular flexibility index (Phi) is 8.41. The summed E-state index contributed by atoms with van der Waals surface area (Å²) in [5.41, 5.74) is 2.69. The number of nitriles is 1. The maximum Gasteiger partial charge on any atom is 0.297 e. The van der Waals surface area contributed by atoms with Crippen molar-refractivity contribution in [1.29, 1.82) is 5.26 Å². The standard InChI is InChI=1S/C28H26N6O7S/c1-14-4-6-15(7-5-14)16-9-18(22-3-2-8-42-22)30-26(17(16)11-29)41-13-23-32-28-31-19(27(40)34(28)33-23)10-20(36)24(38)25(39)21(37)12-35/h2-10,20-21,24-25,35-39H,12-13H2,1H3,(H,31,32,33)/b19-10+/t20-,21+,24+,25+/m0/s1. The number of aliphatic hydroxyl groups is 5. The maximum absolute atomic E-state index is 12.8. The molecule has 4 atom stereocenters. The number of rotatable bonds is 10. The monoisotopic (exact) mass is 590 g/mol. The molecule has 0 aliphatic rings. The van der Waals surface area contributed by atoms with Crippen LogP contribution in [0.1, 0.15) is 17.0 Å². The predicted octanol–water partition coefficient (Wildman–Crippen LogP) is -0.0975. The molecular formula is C28H26N6O7S. The second-order valence-corrected chi connectivity index (χ2v) is 10.4. The van der Waals surface area contributed by atoms with Crippen LogP contribution >= 0.6 is 11.3 Å². The van der Waals surface area contributed by atoms with Crippen LogP contribution in [0.15, 0.2) is 52.6 Å². The van der Waals surface area contributed by atoms with Crippen LogP contribution in [-0.2, 0) is 6.61 Å². The molecule has 4 heterocycles. The largest absolute Gasteiger partial charge is 0.468 e. The van der Waals surface area contributed by atoms with E-state index >= 15 is 0 Å². The number of nitrogens with zero attached hydrogens (tertiary/aromatic N) is 5. The van der Waals surface area contributed by atoms with Gasteiger partial charge in [-0.05, 0) is 36.1 Å². The average Bonchev–Trinajstić information content (AvgIpc) is 3.74. The van der Waals surface area contributed by atoms with Gasteiger partial charge in [-0.3, -0.25) is 4.79 Å². The molecule has 0 amide bonds. The molecule has 42 heavy (non-hydrogen) atoms. The SMILES string of the molecule is Cc1ccc(-c2cc(-c3cccs3)nc(OCc3nc4[nH]/c(=C/[C@H](O)[C@@H](O)[C@H](O)[C@H](O)CO)c(=O)n4n3)c2C#N)cc1. The molecule has 0 aliphatic carbocycles. The molecule has 0 bridgehead atoms. The van der Waals surface area contributed by atoms with Gasteiger partial charge in [-0.1, -0.05) is 35.9 Å². The van der Waals surface area contributed by atoms with Gasteiger partial charge in [-0.2, -0.15) is 14.8 Å². The smallest absolute Gasteiger partial charge is 0.297 e. The van der Waals surface area contributed by atoms with Crippen molar-refractivity contribution in [3.8, 4) is 33.6 Å². The summed E-state index contributed by atoms with van der Waals surface area (Å²) in [6, 6.07) is 15.6. The lowest BCUT2D eigenvalue weighted by atomic mass is 9.99. The fourth-order valence-electron chi connectivity index (χ4n) is 4.22. The number of aromatic nitrogens is 5. The highest BCUT2D eigenvalue weighted by atomic mass is 32.1. The molecule has 0 saturated heterocycles. The Morgan fingerprint density at radius 2 is 1.90 bits per heavy atom. The number of hydrogen-bond acceptors (Lipinski definition) is 12. The molecule has 0 radical (unpaired) electrons. The third-order valence-corrected chi connectivity index (χ3v) is 7.40. The topological polar surface area (TPSA) is 210 Å². The molecule has 0 spiro atoms. The summed E-state index contributed by atoms with van der Waals surface area (Å²) in [6.07, 6.45) is -6.23. The Morgan fingerprint density at radius 3 is 2.55 bits per heavy atom. The third-order valence-electron chi connectivity index (χ3n) is 6.51. The minimum atomic E-state index is -1.88. The lowest BCUT2D eigenvalue weighted by molar-refractivity contribution is -0.102. The highest BCUT2D eigenvalue weighted by molar-refractivity contribution is 7.13. The first kappa shape index (κ1) is 29.0. The van der Waals surface area contributed by atoms with Crippen LogP contribution in [0.5, 0.6) is 5.88 Å². The molecule has 6 N–H and O–H groups in total. The second-order valence-electron chi connectivity index (χ2n) is 9.47. The van der Waals surface area contributed by atoms with Gasteiger partial charge < -0.3 is 35.3 Å². The fourth-order valence-corrected chi connectivity index (χ4v) is 4.91. The fraction of sp³-hybridized carbons (Fsp3) is 0.250. The van der Waals surface area contributed by atoms with Gasteiger partial charge in [-0.25, -0.2) is 4.98 Å². The first-order valence-corrected chi connectivity index (χ1v) is 13.6. The number of aromatic amines is 1. The minimum Gasteiger partial charge on any atom is -0.468 e. The summed E-state index contributed by atoms with van der Waals surface area (Å²) >= 11 is 1.49. The summed E-state index contributed by atoms with van der Waals surface area (Å²) in [5, 5.41) is 64.3. The van der Waals surface area contributed by atoms with Crippen molar-refractivity contribution in [3.05, 3.63) is 80.5 Å². The number of pyridine rings is 1. The Bertz CT molecular complexity index is 1850. The van der Waals surface area contributed by atoms with E-state index in [1.54, 1.807) is 0 Å². The zero-order chi connectivity index (χ0) is 30.0. The molecule has 14 heteroatoms. The molecule has 216 valence electrons. The van der Waals surface area contributed by atoms with E-state index in [0.29, 0.717) is 11.3 Å². The molecule has 5 rings (SSSR count). The molecule has 5 aromatic rings. The molecule has 0 unspecified atom stereocenters. The molecule has 13 nitrogen and oxygen atoms in total. The lowest BCUT2D eigenvalue weighted by Crippen LogP contribution is -2.46. The van der Waals surface area contributed by atoms with Crippen molar-refractivity contribution in [2.75, 3.05) is 6.61 Å². The number of fused-ring (bicyclic) bond motifs is 1. The normalized spacial score (nSPS) is 14.9. The summed E-state index contributed by atoms with van der Waals surface area (Å²) in [4.78, 5) is 25.2. The molecule has 0 aliphatic heterocycles. The Hall–Kier alpha value is -4.49. The van der Waals surface area contributed by atoms with Gasteiger partial charge >= 0.3 is 0 Å².